The van der Waals surface area contributed by atoms with Gasteiger partial charge in [0.1, 0.15) is 5.75 Å². The van der Waals surface area contributed by atoms with Crippen molar-refractivity contribution >= 4 is 29.2 Å². The zero-order valence-electron chi connectivity index (χ0n) is 16.2. The minimum atomic E-state index is -0.568. The summed E-state index contributed by atoms with van der Waals surface area (Å²) in [6.07, 6.45) is 4.91. The number of aromatic nitrogens is 1. The van der Waals surface area contributed by atoms with Crippen LogP contribution in [-0.4, -0.2) is 53.6 Å². The highest BCUT2D eigenvalue weighted by atomic mass is 32.1. The smallest absolute Gasteiger partial charge is 0.303 e. The van der Waals surface area contributed by atoms with Crippen molar-refractivity contribution < 1.29 is 19.5 Å². The Bertz CT molecular complexity index is 879. The number of nitrogens with one attached hydrogen (secondary N) is 2. The van der Waals surface area contributed by atoms with Crippen LogP contribution in [0.1, 0.15) is 32.4 Å². The number of hydrogen-bond donors (Lipinski definition) is 3. The molecule has 0 unspecified atom stereocenters. The summed E-state index contributed by atoms with van der Waals surface area (Å²) in [5.74, 6) is 0.0906. The summed E-state index contributed by atoms with van der Waals surface area (Å²) >= 11 is 1.31. The number of ether oxygens (including phenoxy) is 1. The van der Waals surface area contributed by atoms with E-state index in [-0.39, 0.29) is 10.9 Å². The molecule has 29 heavy (non-hydrogen) atoms. The van der Waals surface area contributed by atoms with Crippen LogP contribution in [0.2, 0.25) is 0 Å². The summed E-state index contributed by atoms with van der Waals surface area (Å²) in [5, 5.41) is 11.9. The molecule has 0 aliphatic carbocycles. The molecular weight excluding hydrogens is 392 g/mol. The number of thiazole rings is 1. The van der Waals surface area contributed by atoms with Gasteiger partial charge in [0.25, 0.3) is 0 Å². The molecule has 1 aliphatic rings. The number of fused-ring (bicyclic) bond motifs is 1. The maximum atomic E-state index is 11.9. The Labute approximate surface area is 173 Å². The number of hydrogen-bond acceptors (Lipinski definition) is 7. The second-order valence-corrected chi connectivity index (χ2v) is 7.69. The summed E-state index contributed by atoms with van der Waals surface area (Å²) in [7, 11) is 1.62. The van der Waals surface area contributed by atoms with Crippen LogP contribution in [0.3, 0.4) is 0 Å². The molecule has 3 rings (SSSR count). The quantitative estimate of drug-likeness (QED) is 0.263. The Morgan fingerprint density at radius 2 is 2.14 bits per heavy atom. The molecule has 0 bridgehead atoms. The zero-order valence-corrected chi connectivity index (χ0v) is 17.0. The second kappa shape index (κ2) is 10.1. The number of amides is 2. The molecule has 1 aromatic carbocycles. The minimum absolute atomic E-state index is 0.121. The van der Waals surface area contributed by atoms with Crippen LogP contribution in [0.25, 0.3) is 6.08 Å². The van der Waals surface area contributed by atoms with Crippen molar-refractivity contribution in [2.24, 2.45) is 0 Å². The monoisotopic (exact) mass is 416 g/mol. The lowest BCUT2D eigenvalue weighted by Crippen LogP contribution is -2.33. The summed E-state index contributed by atoms with van der Waals surface area (Å²) in [6.45, 7) is 3.04. The molecule has 0 atom stereocenters. The fourth-order valence-corrected chi connectivity index (χ4v) is 4.08. The SMILES string of the molecule is COc1ccc(/C=C/C(=O)NCCCN2CCc3nc(C(=O)NO)sc3C2)cc1. The van der Waals surface area contributed by atoms with E-state index >= 15 is 0 Å². The standard InChI is InChI=1S/C20H24N4O4S/c1-28-15-6-3-14(4-7-15)5-8-18(25)21-10-2-11-24-12-9-16-17(13-24)29-20(22-16)19(26)23-27/h3-8,27H,2,9-13H2,1H3,(H,21,25)(H,23,26)/b8-5+. The Morgan fingerprint density at radius 3 is 2.86 bits per heavy atom. The fourth-order valence-electron chi connectivity index (χ4n) is 3.04. The topological polar surface area (TPSA) is 104 Å². The van der Waals surface area contributed by atoms with Crippen molar-refractivity contribution in [3.05, 3.63) is 51.5 Å². The van der Waals surface area contributed by atoms with E-state index in [1.54, 1.807) is 18.7 Å². The number of hydroxylamine groups is 1. The lowest BCUT2D eigenvalue weighted by molar-refractivity contribution is -0.116. The number of carbonyl (C=O) groups is 2. The predicted molar refractivity (Wildman–Crippen MR) is 110 cm³/mol. The first-order chi connectivity index (χ1) is 14.1. The number of nitrogens with zero attached hydrogens (tertiary/aromatic N) is 2. The highest BCUT2D eigenvalue weighted by Gasteiger charge is 2.22. The van der Waals surface area contributed by atoms with E-state index in [0.717, 1.165) is 54.4 Å². The van der Waals surface area contributed by atoms with Crippen molar-refractivity contribution in [3.63, 3.8) is 0 Å². The van der Waals surface area contributed by atoms with Crippen LogP contribution < -0.4 is 15.5 Å². The third kappa shape index (κ3) is 5.86. The van der Waals surface area contributed by atoms with Gasteiger partial charge in [-0.05, 0) is 30.2 Å². The molecule has 1 aromatic heterocycles. The predicted octanol–water partition coefficient (Wildman–Crippen LogP) is 1.85. The van der Waals surface area contributed by atoms with Gasteiger partial charge >= 0.3 is 5.91 Å². The van der Waals surface area contributed by atoms with Crippen molar-refractivity contribution in [1.82, 2.24) is 20.7 Å². The van der Waals surface area contributed by atoms with E-state index < -0.39 is 5.91 Å². The normalized spacial score (nSPS) is 13.9. The van der Waals surface area contributed by atoms with Gasteiger partial charge in [-0.3, -0.25) is 19.7 Å². The van der Waals surface area contributed by atoms with E-state index in [1.807, 2.05) is 24.3 Å². The first kappa shape index (κ1) is 21.0. The van der Waals surface area contributed by atoms with Crippen molar-refractivity contribution in [2.45, 2.75) is 19.4 Å². The van der Waals surface area contributed by atoms with Crippen LogP contribution in [0.15, 0.2) is 30.3 Å². The van der Waals surface area contributed by atoms with Gasteiger partial charge < -0.3 is 10.1 Å². The summed E-state index contributed by atoms with van der Waals surface area (Å²) in [4.78, 5) is 31.0. The zero-order chi connectivity index (χ0) is 20.6. The van der Waals surface area contributed by atoms with E-state index in [4.69, 9.17) is 9.94 Å². The molecular formula is C20H24N4O4S. The lowest BCUT2D eigenvalue weighted by atomic mass is 10.1. The van der Waals surface area contributed by atoms with Gasteiger partial charge in [0.05, 0.1) is 12.8 Å². The molecule has 2 heterocycles. The first-order valence-corrected chi connectivity index (χ1v) is 10.2. The molecule has 154 valence electrons. The molecule has 8 nitrogen and oxygen atoms in total. The number of benzene rings is 1. The minimum Gasteiger partial charge on any atom is -0.497 e. The van der Waals surface area contributed by atoms with Crippen molar-refractivity contribution in [3.8, 4) is 5.75 Å². The molecule has 0 radical (unpaired) electrons. The van der Waals surface area contributed by atoms with Crippen LogP contribution >= 0.6 is 11.3 Å². The third-order valence-electron chi connectivity index (χ3n) is 4.60. The van der Waals surface area contributed by atoms with Gasteiger partial charge in [-0.1, -0.05) is 12.1 Å². The highest BCUT2D eigenvalue weighted by Crippen LogP contribution is 2.25. The van der Waals surface area contributed by atoms with Gasteiger partial charge in [-0.25, -0.2) is 10.5 Å². The van der Waals surface area contributed by atoms with E-state index in [0.29, 0.717) is 6.54 Å². The molecule has 0 saturated carbocycles. The van der Waals surface area contributed by atoms with Crippen LogP contribution in [0.5, 0.6) is 5.75 Å². The molecule has 2 aromatic rings. The number of carbonyl (C=O) groups excluding carboxylic acids is 2. The summed E-state index contributed by atoms with van der Waals surface area (Å²) in [6, 6.07) is 7.48. The molecule has 1 aliphatic heterocycles. The average molecular weight is 417 g/mol. The molecule has 0 saturated heterocycles. The van der Waals surface area contributed by atoms with E-state index in [1.165, 1.54) is 17.4 Å². The largest absolute Gasteiger partial charge is 0.497 e. The van der Waals surface area contributed by atoms with Gasteiger partial charge in [0.15, 0.2) is 5.01 Å². The maximum Gasteiger partial charge on any atom is 0.303 e. The Kier molecular flexibility index (Phi) is 7.34. The molecule has 0 fully saturated rings. The van der Waals surface area contributed by atoms with Crippen LogP contribution in [0.4, 0.5) is 0 Å². The molecule has 0 spiro atoms. The van der Waals surface area contributed by atoms with Crippen LogP contribution in [-0.2, 0) is 17.8 Å². The van der Waals surface area contributed by atoms with Crippen molar-refractivity contribution in [2.75, 3.05) is 26.7 Å². The second-order valence-electron chi connectivity index (χ2n) is 6.61. The van der Waals surface area contributed by atoms with Gasteiger partial charge in [-0.15, -0.1) is 11.3 Å². The molecule has 9 heteroatoms. The fraction of sp³-hybridized carbons (Fsp3) is 0.350. The average Bonchev–Trinajstić information content (AvgIpc) is 3.18. The van der Waals surface area contributed by atoms with Gasteiger partial charge in [-0.2, -0.15) is 0 Å². The molecule has 2 amide bonds. The highest BCUT2D eigenvalue weighted by molar-refractivity contribution is 7.13. The number of methoxy groups -OCH3 is 1. The van der Waals surface area contributed by atoms with Crippen molar-refractivity contribution in [1.29, 1.82) is 0 Å². The Balaban J connectivity index is 1.38. The van der Waals surface area contributed by atoms with Crippen LogP contribution in [0, 0.1) is 0 Å². The summed E-state index contributed by atoms with van der Waals surface area (Å²) < 4.78 is 5.11. The maximum absolute atomic E-state index is 11.9. The molecule has 3 N–H and O–H groups in total. The Hall–Kier alpha value is -2.75. The third-order valence-corrected chi connectivity index (χ3v) is 5.68. The lowest BCUT2D eigenvalue weighted by Gasteiger charge is -2.25. The van der Waals surface area contributed by atoms with E-state index in [9.17, 15) is 9.59 Å². The van der Waals surface area contributed by atoms with E-state index in [2.05, 4.69) is 15.2 Å². The number of rotatable bonds is 8. The first-order valence-electron chi connectivity index (χ1n) is 9.34. The summed E-state index contributed by atoms with van der Waals surface area (Å²) in [5.41, 5.74) is 3.49. The van der Waals surface area contributed by atoms with Gasteiger partial charge in [0, 0.05) is 43.6 Å². The Morgan fingerprint density at radius 1 is 1.34 bits per heavy atom. The van der Waals surface area contributed by atoms with Gasteiger partial charge in [0.2, 0.25) is 5.91 Å².